The molecule has 1 N–H and O–H groups in total. The second-order valence-corrected chi connectivity index (χ2v) is 2.94. The summed E-state index contributed by atoms with van der Waals surface area (Å²) in [4.78, 5) is 10.1. The van der Waals surface area contributed by atoms with Gasteiger partial charge < -0.3 is 4.79 Å². The summed E-state index contributed by atoms with van der Waals surface area (Å²) in [5, 5.41) is 0. The summed E-state index contributed by atoms with van der Waals surface area (Å²) < 4.78 is 3.00. The fourth-order valence-corrected chi connectivity index (χ4v) is 1.14. The van der Waals surface area contributed by atoms with E-state index in [1.807, 2.05) is 25.2 Å². The van der Waals surface area contributed by atoms with Crippen LogP contribution in [0, 0.1) is 0 Å². The topological polar surface area (TPSA) is 29.1 Å². The molecule has 12 heavy (non-hydrogen) atoms. The molecular weight excluding hydrogens is 170 g/mol. The minimum atomic E-state index is 0.750. The van der Waals surface area contributed by atoms with Crippen molar-refractivity contribution in [1.29, 1.82) is 0 Å². The molecule has 0 unspecified atom stereocenters. The highest BCUT2D eigenvalue weighted by molar-refractivity contribution is 7.97. The molecule has 0 aliphatic rings. The second kappa shape index (κ2) is 8.30. The van der Waals surface area contributed by atoms with Crippen molar-refractivity contribution in [1.82, 2.24) is 4.72 Å². The van der Waals surface area contributed by atoms with Crippen LogP contribution in [0.5, 0.6) is 0 Å². The first-order chi connectivity index (χ1) is 5.85. The molecule has 3 heteroatoms. The summed E-state index contributed by atoms with van der Waals surface area (Å²) in [7, 11) is 1.91. The molecule has 0 amide bonds. The first kappa shape index (κ1) is 11.2. The first-order valence-corrected chi connectivity index (χ1v) is 4.45. The number of aldehydes is 1. The van der Waals surface area contributed by atoms with E-state index in [2.05, 4.69) is 16.9 Å². The lowest BCUT2D eigenvalue weighted by Gasteiger charge is -1.94. The van der Waals surface area contributed by atoms with E-state index in [-0.39, 0.29) is 0 Å². The summed E-state index contributed by atoms with van der Waals surface area (Å²) in [6.45, 7) is 1.44. The van der Waals surface area contributed by atoms with Crippen molar-refractivity contribution in [3.8, 4) is 0 Å². The van der Waals surface area contributed by atoms with Gasteiger partial charge in [-0.1, -0.05) is 18.2 Å². The van der Waals surface area contributed by atoms with Crippen molar-refractivity contribution in [3.63, 3.8) is 0 Å². The predicted molar refractivity (Wildman–Crippen MR) is 53.1 cm³/mol. The number of benzene rings is 1. The maximum Gasteiger partial charge on any atom is 0.116 e. The van der Waals surface area contributed by atoms with E-state index < -0.39 is 0 Å². The van der Waals surface area contributed by atoms with Gasteiger partial charge in [0, 0.05) is 4.90 Å². The molecule has 0 saturated carbocycles. The molecule has 0 fully saturated rings. The fraction of sp³-hybridized carbons (Fsp3) is 0.222. The van der Waals surface area contributed by atoms with Crippen LogP contribution in [0.25, 0.3) is 0 Å². The smallest absolute Gasteiger partial charge is 0.116 e. The van der Waals surface area contributed by atoms with Crippen LogP contribution < -0.4 is 4.72 Å². The zero-order valence-corrected chi connectivity index (χ0v) is 8.10. The van der Waals surface area contributed by atoms with Gasteiger partial charge in [0.25, 0.3) is 0 Å². The molecule has 66 valence electrons. The number of rotatable bonds is 2. The lowest BCUT2D eigenvalue weighted by atomic mass is 10.4. The van der Waals surface area contributed by atoms with E-state index in [0.29, 0.717) is 0 Å². The SMILES string of the molecule is CC=O.CNSc1ccccc1. The van der Waals surface area contributed by atoms with Gasteiger partial charge in [-0.15, -0.1) is 0 Å². The minimum Gasteiger partial charge on any atom is -0.304 e. The van der Waals surface area contributed by atoms with Crippen LogP contribution in [0.4, 0.5) is 0 Å². The third kappa shape index (κ3) is 5.95. The van der Waals surface area contributed by atoms with Crippen LogP contribution in [-0.2, 0) is 4.79 Å². The molecule has 0 aliphatic carbocycles. The zero-order valence-electron chi connectivity index (χ0n) is 7.28. The highest BCUT2D eigenvalue weighted by atomic mass is 32.2. The van der Waals surface area contributed by atoms with Crippen LogP contribution in [0.1, 0.15) is 6.92 Å². The van der Waals surface area contributed by atoms with E-state index in [0.717, 1.165) is 6.29 Å². The van der Waals surface area contributed by atoms with Gasteiger partial charge in [-0.25, -0.2) is 0 Å². The summed E-state index contributed by atoms with van der Waals surface area (Å²) in [6, 6.07) is 10.2. The van der Waals surface area contributed by atoms with E-state index in [4.69, 9.17) is 4.79 Å². The van der Waals surface area contributed by atoms with Gasteiger partial charge in [-0.05, 0) is 38.1 Å². The van der Waals surface area contributed by atoms with Crippen LogP contribution in [-0.4, -0.2) is 13.3 Å². The molecule has 0 bridgehead atoms. The standard InChI is InChI=1S/C7H9NS.C2H4O/c1-8-9-7-5-3-2-4-6-7;1-2-3/h2-6,8H,1H3;2H,1H3. The van der Waals surface area contributed by atoms with Crippen LogP contribution in [0.15, 0.2) is 35.2 Å². The third-order valence-corrected chi connectivity index (χ3v) is 1.68. The van der Waals surface area contributed by atoms with Crippen molar-refractivity contribution in [2.45, 2.75) is 11.8 Å². The van der Waals surface area contributed by atoms with Crippen molar-refractivity contribution >= 4 is 18.2 Å². The Bertz CT molecular complexity index is 201. The Labute approximate surface area is 77.5 Å². The Morgan fingerprint density at radius 1 is 1.33 bits per heavy atom. The highest BCUT2D eigenvalue weighted by Crippen LogP contribution is 2.11. The Balaban J connectivity index is 0.000000354. The largest absolute Gasteiger partial charge is 0.304 e. The van der Waals surface area contributed by atoms with E-state index in [1.165, 1.54) is 11.8 Å². The van der Waals surface area contributed by atoms with Crippen LogP contribution in [0.3, 0.4) is 0 Å². The maximum atomic E-state index is 8.81. The molecule has 0 saturated heterocycles. The monoisotopic (exact) mass is 183 g/mol. The van der Waals surface area contributed by atoms with Crippen LogP contribution >= 0.6 is 11.9 Å². The summed E-state index contributed by atoms with van der Waals surface area (Å²) in [5.74, 6) is 0. The number of carbonyl (C=O) groups excluding carboxylic acids is 1. The molecule has 0 radical (unpaired) electrons. The molecule has 0 spiro atoms. The molecule has 0 aliphatic heterocycles. The van der Waals surface area contributed by atoms with Gasteiger partial charge in [0.15, 0.2) is 0 Å². The average Bonchev–Trinajstić information content (AvgIpc) is 2.08. The van der Waals surface area contributed by atoms with E-state index in [1.54, 1.807) is 11.9 Å². The molecule has 1 rings (SSSR count). The van der Waals surface area contributed by atoms with Crippen molar-refractivity contribution < 1.29 is 4.79 Å². The molecular formula is C9H13NOS. The Hall–Kier alpha value is -0.800. The molecule has 2 nitrogen and oxygen atoms in total. The molecule has 0 atom stereocenters. The van der Waals surface area contributed by atoms with Gasteiger partial charge in [-0.3, -0.25) is 4.72 Å². The normalized spacial score (nSPS) is 8.17. The summed E-state index contributed by atoms with van der Waals surface area (Å²) >= 11 is 1.63. The molecule has 0 heterocycles. The van der Waals surface area contributed by atoms with Crippen molar-refractivity contribution in [2.75, 3.05) is 7.05 Å². The summed E-state index contributed by atoms with van der Waals surface area (Å²) in [5.41, 5.74) is 0. The second-order valence-electron chi connectivity index (χ2n) is 1.85. The minimum absolute atomic E-state index is 0.750. The Kier molecular flexibility index (Phi) is 7.74. The maximum absolute atomic E-state index is 8.81. The predicted octanol–water partition coefficient (Wildman–Crippen LogP) is 2.12. The molecule has 1 aromatic carbocycles. The quantitative estimate of drug-likeness (QED) is 0.562. The lowest BCUT2D eigenvalue weighted by Crippen LogP contribution is -1.89. The number of carbonyl (C=O) groups is 1. The third-order valence-electron chi connectivity index (χ3n) is 0.963. The lowest BCUT2D eigenvalue weighted by molar-refractivity contribution is -0.106. The molecule has 1 aromatic rings. The van der Waals surface area contributed by atoms with E-state index in [9.17, 15) is 0 Å². The van der Waals surface area contributed by atoms with E-state index >= 15 is 0 Å². The average molecular weight is 183 g/mol. The van der Waals surface area contributed by atoms with Crippen molar-refractivity contribution in [2.24, 2.45) is 0 Å². The van der Waals surface area contributed by atoms with Gasteiger partial charge in [0.05, 0.1) is 0 Å². The van der Waals surface area contributed by atoms with Gasteiger partial charge in [-0.2, -0.15) is 0 Å². The summed E-state index contributed by atoms with van der Waals surface area (Å²) in [6.07, 6.45) is 0.750. The number of hydrogen-bond acceptors (Lipinski definition) is 3. The highest BCUT2D eigenvalue weighted by Gasteiger charge is 1.84. The number of hydrogen-bond donors (Lipinski definition) is 1. The number of nitrogens with one attached hydrogen (secondary N) is 1. The molecule has 0 aromatic heterocycles. The zero-order chi connectivity index (χ0) is 9.23. The van der Waals surface area contributed by atoms with Crippen LogP contribution in [0.2, 0.25) is 0 Å². The first-order valence-electron chi connectivity index (χ1n) is 3.63. The van der Waals surface area contributed by atoms with Crippen molar-refractivity contribution in [3.05, 3.63) is 30.3 Å². The van der Waals surface area contributed by atoms with Gasteiger partial charge in [0.1, 0.15) is 6.29 Å². The Morgan fingerprint density at radius 3 is 2.25 bits per heavy atom. The van der Waals surface area contributed by atoms with Gasteiger partial charge in [0.2, 0.25) is 0 Å². The Morgan fingerprint density at radius 2 is 1.83 bits per heavy atom. The fourth-order valence-electron chi connectivity index (χ4n) is 0.606. The van der Waals surface area contributed by atoms with Gasteiger partial charge >= 0.3 is 0 Å².